The lowest BCUT2D eigenvalue weighted by molar-refractivity contribution is -0.151. The summed E-state index contributed by atoms with van der Waals surface area (Å²) in [6.45, 7) is 2.20. The van der Waals surface area contributed by atoms with Crippen molar-refractivity contribution in [1.82, 2.24) is 14.9 Å². The predicted octanol–water partition coefficient (Wildman–Crippen LogP) is 2.71. The molecule has 0 saturated carbocycles. The highest BCUT2D eigenvalue weighted by atomic mass is 16.5. The molecule has 1 heterocycles. The molecule has 1 N–H and O–H groups in total. The molecule has 1 aliphatic carbocycles. The Morgan fingerprint density at radius 3 is 2.82 bits per heavy atom. The molecule has 0 atom stereocenters. The van der Waals surface area contributed by atoms with Gasteiger partial charge < -0.3 is 14.6 Å². The Morgan fingerprint density at radius 2 is 2.07 bits per heavy atom. The van der Waals surface area contributed by atoms with E-state index in [1.54, 1.807) is 29.2 Å². The number of aryl methyl sites for hydroxylation is 1. The van der Waals surface area contributed by atoms with Crippen LogP contribution in [0.25, 0.3) is 10.9 Å². The Kier molecular flexibility index (Phi) is 6.57. The number of hydrogen-bond acceptors (Lipinski definition) is 5. The highest BCUT2D eigenvalue weighted by Gasteiger charge is 2.19. The van der Waals surface area contributed by atoms with Gasteiger partial charge in [0, 0.05) is 18.7 Å². The number of H-pyrrole nitrogens is 1. The van der Waals surface area contributed by atoms with Gasteiger partial charge in [0.2, 0.25) is 0 Å². The molecule has 1 amide bonds. The van der Waals surface area contributed by atoms with Crippen LogP contribution in [0.5, 0.6) is 0 Å². The molecule has 1 aliphatic rings. The zero-order valence-corrected chi connectivity index (χ0v) is 16.1. The first-order valence-corrected chi connectivity index (χ1v) is 9.71. The first kappa shape index (κ1) is 19.8. The Labute approximate surface area is 163 Å². The molecule has 1 aromatic carbocycles. The molecule has 0 radical (unpaired) electrons. The van der Waals surface area contributed by atoms with Crippen molar-refractivity contribution >= 4 is 22.8 Å². The summed E-state index contributed by atoms with van der Waals surface area (Å²) in [5.41, 5.74) is 1.38. The number of aromatic nitrogens is 2. The van der Waals surface area contributed by atoms with Gasteiger partial charge in [0.15, 0.2) is 6.61 Å². The minimum atomic E-state index is -0.488. The van der Waals surface area contributed by atoms with Gasteiger partial charge in [-0.3, -0.25) is 14.4 Å². The second-order valence-corrected chi connectivity index (χ2v) is 6.77. The van der Waals surface area contributed by atoms with E-state index in [1.165, 1.54) is 0 Å². The molecule has 0 saturated heterocycles. The monoisotopic (exact) mass is 383 g/mol. The van der Waals surface area contributed by atoms with Crippen LogP contribution >= 0.6 is 0 Å². The van der Waals surface area contributed by atoms with Crippen LogP contribution < -0.4 is 5.56 Å². The third-order valence-electron chi connectivity index (χ3n) is 4.82. The van der Waals surface area contributed by atoms with Crippen LogP contribution in [0.1, 0.15) is 44.9 Å². The highest BCUT2D eigenvalue weighted by Crippen LogP contribution is 2.21. The molecule has 3 rings (SSSR count). The summed E-state index contributed by atoms with van der Waals surface area (Å²) >= 11 is 0. The predicted molar refractivity (Wildman–Crippen MR) is 106 cm³/mol. The number of nitrogens with zero attached hydrogens (tertiary/aromatic N) is 2. The van der Waals surface area contributed by atoms with E-state index in [9.17, 15) is 14.4 Å². The van der Waals surface area contributed by atoms with Crippen molar-refractivity contribution in [1.29, 1.82) is 0 Å². The molecule has 0 aliphatic heterocycles. The van der Waals surface area contributed by atoms with Crippen molar-refractivity contribution in [3.8, 4) is 0 Å². The number of fused-ring (bicyclic) bond motifs is 1. The van der Waals surface area contributed by atoms with Crippen LogP contribution in [0.4, 0.5) is 0 Å². The van der Waals surface area contributed by atoms with Crippen LogP contribution in [0.2, 0.25) is 0 Å². The standard InChI is InChI=1S/C21H25N3O4/c1-2-24(15-8-4-3-5-9-15)19(25)14-28-20(26)13-12-18-22-17-11-7-6-10-16(17)21(27)23-18/h6-8,10-11H,2-5,9,12-14H2,1H3,(H,22,23,27). The molecule has 0 unspecified atom stereocenters. The van der Waals surface area contributed by atoms with Crippen molar-refractivity contribution in [2.24, 2.45) is 0 Å². The number of benzene rings is 1. The van der Waals surface area contributed by atoms with E-state index < -0.39 is 5.97 Å². The summed E-state index contributed by atoms with van der Waals surface area (Å²) in [6.07, 6.45) is 6.47. The van der Waals surface area contributed by atoms with Crippen LogP contribution in [0, 0.1) is 0 Å². The molecule has 0 spiro atoms. The second kappa shape index (κ2) is 9.30. The number of carbonyl (C=O) groups is 2. The Bertz CT molecular complexity index is 948. The zero-order chi connectivity index (χ0) is 19.9. The smallest absolute Gasteiger partial charge is 0.306 e. The van der Waals surface area contributed by atoms with Gasteiger partial charge in [0.1, 0.15) is 5.82 Å². The van der Waals surface area contributed by atoms with E-state index in [-0.39, 0.29) is 30.9 Å². The lowest BCUT2D eigenvalue weighted by Crippen LogP contribution is -2.34. The van der Waals surface area contributed by atoms with Gasteiger partial charge in [0.25, 0.3) is 11.5 Å². The summed E-state index contributed by atoms with van der Waals surface area (Å²) in [6, 6.07) is 7.03. The van der Waals surface area contributed by atoms with Crippen molar-refractivity contribution in [3.05, 3.63) is 52.2 Å². The van der Waals surface area contributed by atoms with E-state index in [2.05, 4.69) is 16.0 Å². The fourth-order valence-corrected chi connectivity index (χ4v) is 3.37. The molecular formula is C21H25N3O4. The maximum atomic E-state index is 12.4. The van der Waals surface area contributed by atoms with Crippen molar-refractivity contribution in [3.63, 3.8) is 0 Å². The van der Waals surface area contributed by atoms with Gasteiger partial charge in [-0.2, -0.15) is 0 Å². The van der Waals surface area contributed by atoms with Crippen LogP contribution in [0.15, 0.2) is 40.8 Å². The average molecular weight is 383 g/mol. The molecular weight excluding hydrogens is 358 g/mol. The lowest BCUT2D eigenvalue weighted by Gasteiger charge is -2.26. The molecule has 148 valence electrons. The first-order chi connectivity index (χ1) is 13.6. The maximum absolute atomic E-state index is 12.4. The normalized spacial score (nSPS) is 13.8. The number of likely N-dealkylation sites (N-methyl/N-ethyl adjacent to an activating group) is 1. The van der Waals surface area contributed by atoms with Gasteiger partial charge in [0.05, 0.1) is 17.3 Å². The number of carbonyl (C=O) groups excluding carboxylic acids is 2. The van der Waals surface area contributed by atoms with Gasteiger partial charge in [-0.25, -0.2) is 4.98 Å². The van der Waals surface area contributed by atoms with Gasteiger partial charge in [-0.05, 0) is 44.7 Å². The summed E-state index contributed by atoms with van der Waals surface area (Å²) in [7, 11) is 0. The third kappa shape index (κ3) is 4.85. The molecule has 2 aromatic rings. The Morgan fingerprint density at radius 1 is 1.25 bits per heavy atom. The molecule has 7 heteroatoms. The molecule has 0 bridgehead atoms. The average Bonchev–Trinajstić information content (AvgIpc) is 2.72. The van der Waals surface area contributed by atoms with Crippen molar-refractivity contribution in [2.45, 2.75) is 45.4 Å². The maximum Gasteiger partial charge on any atom is 0.306 e. The van der Waals surface area contributed by atoms with Gasteiger partial charge in [-0.15, -0.1) is 0 Å². The third-order valence-corrected chi connectivity index (χ3v) is 4.82. The minimum absolute atomic E-state index is 0.0450. The molecule has 7 nitrogen and oxygen atoms in total. The van der Waals surface area contributed by atoms with E-state index in [4.69, 9.17) is 4.74 Å². The van der Waals surface area contributed by atoms with Crippen molar-refractivity contribution in [2.75, 3.05) is 13.2 Å². The lowest BCUT2D eigenvalue weighted by atomic mass is 10.0. The Balaban J connectivity index is 1.52. The number of amides is 1. The van der Waals surface area contributed by atoms with Gasteiger partial charge in [-0.1, -0.05) is 18.2 Å². The summed E-state index contributed by atoms with van der Waals surface area (Å²) in [5.74, 6) is -0.270. The number of hydrogen-bond donors (Lipinski definition) is 1. The van der Waals surface area contributed by atoms with Crippen molar-refractivity contribution < 1.29 is 14.3 Å². The number of esters is 1. The number of para-hydroxylation sites is 1. The number of nitrogens with one attached hydrogen (secondary N) is 1. The largest absolute Gasteiger partial charge is 0.456 e. The fourth-order valence-electron chi connectivity index (χ4n) is 3.37. The number of allylic oxidation sites excluding steroid dienone is 2. The van der Waals surface area contributed by atoms with Gasteiger partial charge >= 0.3 is 5.97 Å². The summed E-state index contributed by atoms with van der Waals surface area (Å²) in [5, 5.41) is 0.510. The number of rotatable bonds is 7. The van der Waals surface area contributed by atoms with E-state index in [0.29, 0.717) is 23.3 Å². The fraction of sp³-hybridized carbons (Fsp3) is 0.429. The molecule has 1 aromatic heterocycles. The van der Waals surface area contributed by atoms with E-state index in [0.717, 1.165) is 31.4 Å². The quantitative estimate of drug-likeness (QED) is 0.742. The molecule has 0 fully saturated rings. The first-order valence-electron chi connectivity index (χ1n) is 9.71. The zero-order valence-electron chi connectivity index (χ0n) is 16.1. The minimum Gasteiger partial charge on any atom is -0.456 e. The van der Waals surface area contributed by atoms with Crippen LogP contribution in [-0.2, 0) is 20.7 Å². The number of ether oxygens (including phenoxy) is 1. The van der Waals surface area contributed by atoms with Crippen LogP contribution in [0.3, 0.4) is 0 Å². The van der Waals surface area contributed by atoms with Crippen LogP contribution in [-0.4, -0.2) is 39.9 Å². The molecule has 28 heavy (non-hydrogen) atoms. The Hall–Kier alpha value is -2.96. The highest BCUT2D eigenvalue weighted by molar-refractivity contribution is 5.82. The second-order valence-electron chi connectivity index (χ2n) is 6.77. The number of aromatic amines is 1. The summed E-state index contributed by atoms with van der Waals surface area (Å²) in [4.78, 5) is 45.2. The SMILES string of the molecule is CCN(C(=O)COC(=O)CCc1nc2ccccc2c(=O)[nH]1)C1=CCCCC1. The summed E-state index contributed by atoms with van der Waals surface area (Å²) < 4.78 is 5.14. The topological polar surface area (TPSA) is 92.4 Å². The van der Waals surface area contributed by atoms with E-state index in [1.807, 2.05) is 6.92 Å². The van der Waals surface area contributed by atoms with E-state index >= 15 is 0 Å².